The highest BCUT2D eigenvalue weighted by molar-refractivity contribution is 5.91. The summed E-state index contributed by atoms with van der Waals surface area (Å²) in [5.41, 5.74) is 1.77. The van der Waals surface area contributed by atoms with Gasteiger partial charge in [-0.2, -0.15) is 0 Å². The van der Waals surface area contributed by atoms with Crippen LogP contribution in [-0.4, -0.2) is 23.8 Å². The molecule has 0 saturated heterocycles. The zero-order valence-electron chi connectivity index (χ0n) is 10.2. The quantitative estimate of drug-likeness (QED) is 0.650. The van der Waals surface area contributed by atoms with Crippen molar-refractivity contribution in [3.8, 4) is 0 Å². The number of aromatic amines is 1. The highest BCUT2D eigenvalue weighted by Crippen LogP contribution is 2.28. The maximum atomic E-state index is 11.9. The Morgan fingerprint density at radius 3 is 2.94 bits per heavy atom. The van der Waals surface area contributed by atoms with E-state index in [1.165, 1.54) is 0 Å². The lowest BCUT2D eigenvalue weighted by Crippen LogP contribution is -2.16. The Hall–Kier alpha value is -2.10. The normalized spacial score (nSPS) is 12.3. The number of ether oxygens (including phenoxy) is 1. The minimum Gasteiger partial charge on any atom is -0.466 e. The third kappa shape index (κ3) is 2.27. The van der Waals surface area contributed by atoms with Crippen LogP contribution >= 0.6 is 0 Å². The first-order chi connectivity index (χ1) is 8.77. The third-order valence-electron chi connectivity index (χ3n) is 2.90. The molecule has 0 radical (unpaired) electrons. The molecule has 1 aromatic carbocycles. The summed E-state index contributed by atoms with van der Waals surface area (Å²) >= 11 is 0. The van der Waals surface area contributed by atoms with Crippen LogP contribution in [0.1, 0.15) is 24.8 Å². The van der Waals surface area contributed by atoms with E-state index in [-0.39, 0.29) is 12.4 Å². The molecule has 0 bridgehead atoms. The zero-order valence-corrected chi connectivity index (χ0v) is 10.2. The first-order valence-electron chi connectivity index (χ1n) is 5.94. The first-order valence-corrected chi connectivity index (χ1v) is 5.94. The Bertz CT molecular complexity index is 559. The molecular weight excluding hydrogens is 230 g/mol. The molecule has 0 unspecified atom stereocenters. The van der Waals surface area contributed by atoms with Crippen LogP contribution in [0.5, 0.6) is 0 Å². The number of benzene rings is 1. The second kappa shape index (κ2) is 5.49. The topological polar surface area (TPSA) is 59.2 Å². The van der Waals surface area contributed by atoms with Crippen LogP contribution < -0.4 is 0 Å². The van der Waals surface area contributed by atoms with Crippen molar-refractivity contribution in [3.63, 3.8) is 0 Å². The van der Waals surface area contributed by atoms with Gasteiger partial charge < -0.3 is 14.5 Å². The number of aromatic nitrogens is 1. The predicted molar refractivity (Wildman–Crippen MR) is 68.4 cm³/mol. The molecule has 0 aliphatic heterocycles. The molecule has 2 aromatic rings. The maximum Gasteiger partial charge on any atom is 0.313 e. The molecular formula is C14H15NO3. The molecule has 18 heavy (non-hydrogen) atoms. The van der Waals surface area contributed by atoms with Gasteiger partial charge in [0.15, 0.2) is 0 Å². The average Bonchev–Trinajstić information content (AvgIpc) is 2.80. The summed E-state index contributed by atoms with van der Waals surface area (Å²) in [5.74, 6) is -0.882. The van der Waals surface area contributed by atoms with Crippen molar-refractivity contribution in [3.05, 3.63) is 36.0 Å². The first kappa shape index (κ1) is 12.4. The van der Waals surface area contributed by atoms with Crippen LogP contribution in [-0.2, 0) is 14.3 Å². The number of nitrogens with one attached hydrogen (secondary N) is 1. The molecule has 0 aliphatic rings. The van der Waals surface area contributed by atoms with Crippen LogP contribution in [0.4, 0.5) is 0 Å². The lowest BCUT2D eigenvalue weighted by Gasteiger charge is -2.12. The molecule has 0 saturated carbocycles. The fraction of sp³-hybridized carbons (Fsp3) is 0.286. The Kier molecular flexibility index (Phi) is 3.77. The molecule has 0 spiro atoms. The van der Waals surface area contributed by atoms with Crippen molar-refractivity contribution in [2.75, 3.05) is 6.61 Å². The Balaban J connectivity index is 2.41. The smallest absolute Gasteiger partial charge is 0.313 e. The van der Waals surface area contributed by atoms with E-state index in [2.05, 4.69) is 4.98 Å². The molecule has 0 fully saturated rings. The number of rotatable bonds is 5. The van der Waals surface area contributed by atoms with E-state index in [0.29, 0.717) is 6.61 Å². The van der Waals surface area contributed by atoms with E-state index >= 15 is 0 Å². The van der Waals surface area contributed by atoms with Gasteiger partial charge in [0.05, 0.1) is 12.5 Å². The summed E-state index contributed by atoms with van der Waals surface area (Å²) in [6.07, 6.45) is 2.67. The summed E-state index contributed by atoms with van der Waals surface area (Å²) in [5, 5.41) is 0.956. The summed E-state index contributed by atoms with van der Waals surface area (Å²) in [6, 6.07) is 7.69. The van der Waals surface area contributed by atoms with Gasteiger partial charge in [0.1, 0.15) is 6.29 Å². The molecule has 1 atom stereocenters. The van der Waals surface area contributed by atoms with Crippen LogP contribution in [0.25, 0.3) is 10.9 Å². The summed E-state index contributed by atoms with van der Waals surface area (Å²) in [7, 11) is 0. The monoisotopic (exact) mass is 245 g/mol. The Labute approximate surface area is 105 Å². The summed E-state index contributed by atoms with van der Waals surface area (Å²) in [4.78, 5) is 25.7. The second-order valence-corrected chi connectivity index (χ2v) is 4.00. The van der Waals surface area contributed by atoms with Crippen molar-refractivity contribution >= 4 is 23.2 Å². The van der Waals surface area contributed by atoms with Crippen LogP contribution in [0.15, 0.2) is 30.5 Å². The van der Waals surface area contributed by atoms with Gasteiger partial charge in [-0.25, -0.2) is 0 Å². The van der Waals surface area contributed by atoms with Crippen LogP contribution in [0.3, 0.4) is 0 Å². The highest BCUT2D eigenvalue weighted by atomic mass is 16.5. The lowest BCUT2D eigenvalue weighted by molar-refractivity contribution is -0.145. The van der Waals surface area contributed by atoms with Crippen molar-refractivity contribution < 1.29 is 14.3 Å². The van der Waals surface area contributed by atoms with Gasteiger partial charge in [-0.05, 0) is 18.6 Å². The lowest BCUT2D eigenvalue weighted by atomic mass is 9.96. The maximum absolute atomic E-state index is 11.9. The van der Waals surface area contributed by atoms with E-state index in [1.54, 1.807) is 13.1 Å². The molecule has 1 heterocycles. The minimum atomic E-state index is -0.529. The molecule has 4 nitrogen and oxygen atoms in total. The Morgan fingerprint density at radius 2 is 2.22 bits per heavy atom. The highest BCUT2D eigenvalue weighted by Gasteiger charge is 2.24. The van der Waals surface area contributed by atoms with Gasteiger partial charge in [-0.3, -0.25) is 4.79 Å². The predicted octanol–water partition coefficient (Wildman–Crippen LogP) is 2.40. The number of H-pyrrole nitrogens is 1. The van der Waals surface area contributed by atoms with E-state index in [4.69, 9.17) is 4.74 Å². The summed E-state index contributed by atoms with van der Waals surface area (Å²) < 4.78 is 5.02. The van der Waals surface area contributed by atoms with Crippen molar-refractivity contribution in [2.24, 2.45) is 0 Å². The Morgan fingerprint density at radius 1 is 1.44 bits per heavy atom. The number of hydrogen-bond acceptors (Lipinski definition) is 3. The number of fused-ring (bicyclic) bond motifs is 1. The number of aldehydes is 1. The van der Waals surface area contributed by atoms with E-state index in [9.17, 15) is 9.59 Å². The van der Waals surface area contributed by atoms with E-state index in [1.807, 2.05) is 24.3 Å². The molecule has 0 aliphatic carbocycles. The van der Waals surface area contributed by atoms with E-state index in [0.717, 1.165) is 22.8 Å². The molecule has 0 amide bonds. The van der Waals surface area contributed by atoms with Crippen molar-refractivity contribution in [1.29, 1.82) is 0 Å². The molecule has 1 aromatic heterocycles. The molecule has 4 heteroatoms. The average molecular weight is 245 g/mol. The minimum absolute atomic E-state index is 0.140. The SMILES string of the molecule is CCOC(=O)[C@H](CC=O)c1c[nH]c2ccccc12. The zero-order chi connectivity index (χ0) is 13.0. The number of hydrogen-bond donors (Lipinski definition) is 1. The number of para-hydroxylation sites is 1. The largest absolute Gasteiger partial charge is 0.466 e. The molecule has 2 rings (SSSR count). The van der Waals surface area contributed by atoms with Crippen molar-refractivity contribution in [2.45, 2.75) is 19.3 Å². The molecule has 94 valence electrons. The number of carbonyl (C=O) groups is 2. The van der Waals surface area contributed by atoms with Gasteiger partial charge in [0, 0.05) is 23.5 Å². The standard InChI is InChI=1S/C14H15NO3/c1-2-18-14(17)11(7-8-16)12-9-15-13-6-4-3-5-10(12)13/h3-6,8-9,11,15H,2,7H2,1H3/t11-/m1/s1. The molecule has 1 N–H and O–H groups in total. The fourth-order valence-electron chi connectivity index (χ4n) is 2.07. The van der Waals surface area contributed by atoms with Gasteiger partial charge in [-0.15, -0.1) is 0 Å². The van der Waals surface area contributed by atoms with Crippen LogP contribution in [0.2, 0.25) is 0 Å². The van der Waals surface area contributed by atoms with Crippen molar-refractivity contribution in [1.82, 2.24) is 4.98 Å². The number of carbonyl (C=O) groups excluding carboxylic acids is 2. The van der Waals surface area contributed by atoms with Gasteiger partial charge in [-0.1, -0.05) is 18.2 Å². The van der Waals surface area contributed by atoms with Gasteiger partial charge in [0.25, 0.3) is 0 Å². The van der Waals surface area contributed by atoms with E-state index < -0.39 is 5.92 Å². The second-order valence-electron chi connectivity index (χ2n) is 4.00. The fourth-order valence-corrected chi connectivity index (χ4v) is 2.07. The van der Waals surface area contributed by atoms with Gasteiger partial charge in [0.2, 0.25) is 0 Å². The van der Waals surface area contributed by atoms with Gasteiger partial charge >= 0.3 is 5.97 Å². The van der Waals surface area contributed by atoms with Crippen LogP contribution in [0, 0.1) is 0 Å². The number of esters is 1. The third-order valence-corrected chi connectivity index (χ3v) is 2.90. The summed E-state index contributed by atoms with van der Waals surface area (Å²) in [6.45, 7) is 2.07.